The van der Waals surface area contributed by atoms with Crippen LogP contribution in [0, 0.1) is 13.8 Å². The Hall–Kier alpha value is -3.67. The maximum Gasteiger partial charge on any atom is 0.244 e. The summed E-state index contributed by atoms with van der Waals surface area (Å²) in [6, 6.07) is 13.7. The predicted octanol–water partition coefficient (Wildman–Crippen LogP) is 4.52. The first kappa shape index (κ1) is 19.6. The highest BCUT2D eigenvalue weighted by Crippen LogP contribution is 2.27. The molecule has 0 aliphatic rings. The quantitative estimate of drug-likeness (QED) is 0.483. The number of carbonyl (C=O) groups is 1. The summed E-state index contributed by atoms with van der Waals surface area (Å²) in [5.74, 6) is 1.48. The summed E-state index contributed by atoms with van der Waals surface area (Å²) in [6.07, 6.45) is 5.90. The molecule has 0 unspecified atom stereocenters. The topological polar surface area (TPSA) is 73.0 Å². The predicted molar refractivity (Wildman–Crippen MR) is 117 cm³/mol. The monoisotopic (exact) mass is 400 g/mol. The molecule has 30 heavy (non-hydrogen) atoms. The van der Waals surface area contributed by atoms with Gasteiger partial charge in [0.1, 0.15) is 11.3 Å². The van der Waals surface area contributed by atoms with Gasteiger partial charge in [-0.15, -0.1) is 0 Å². The zero-order valence-corrected chi connectivity index (χ0v) is 17.3. The van der Waals surface area contributed by atoms with Crippen molar-refractivity contribution in [3.05, 3.63) is 83.0 Å². The van der Waals surface area contributed by atoms with E-state index in [4.69, 9.17) is 4.42 Å². The van der Waals surface area contributed by atoms with E-state index in [2.05, 4.69) is 15.4 Å². The third kappa shape index (κ3) is 4.03. The first-order chi connectivity index (χ1) is 14.5. The summed E-state index contributed by atoms with van der Waals surface area (Å²) < 4.78 is 7.68. The third-order valence-corrected chi connectivity index (χ3v) is 4.94. The first-order valence-electron chi connectivity index (χ1n) is 10.00. The molecule has 3 heterocycles. The van der Waals surface area contributed by atoms with Crippen LogP contribution in [0.2, 0.25) is 0 Å². The second kappa shape index (κ2) is 8.37. The number of para-hydroxylation sites is 1. The SMILES string of the molecule is CCc1oc2ccccc2c1C=CC(=O)NCc1ccc(-n2nc(C)cc2C)nc1. The lowest BCUT2D eigenvalue weighted by molar-refractivity contribution is -0.116. The molecular weight excluding hydrogens is 376 g/mol. The molecule has 3 aromatic heterocycles. The summed E-state index contributed by atoms with van der Waals surface area (Å²) in [5.41, 5.74) is 4.70. The average Bonchev–Trinajstić information content (AvgIpc) is 3.29. The smallest absolute Gasteiger partial charge is 0.244 e. The fraction of sp³-hybridized carbons (Fsp3) is 0.208. The van der Waals surface area contributed by atoms with Crippen molar-refractivity contribution in [1.29, 1.82) is 0 Å². The molecule has 1 N–H and O–H groups in total. The molecule has 0 atom stereocenters. The van der Waals surface area contributed by atoms with E-state index in [1.807, 2.05) is 69.3 Å². The van der Waals surface area contributed by atoms with Gasteiger partial charge in [0.15, 0.2) is 5.82 Å². The van der Waals surface area contributed by atoms with Crippen LogP contribution in [0.3, 0.4) is 0 Å². The van der Waals surface area contributed by atoms with Crippen LogP contribution in [-0.4, -0.2) is 20.7 Å². The molecule has 0 radical (unpaired) electrons. The number of nitrogens with zero attached hydrogens (tertiary/aromatic N) is 3. The number of hydrogen-bond acceptors (Lipinski definition) is 4. The number of hydrogen-bond donors (Lipinski definition) is 1. The van der Waals surface area contributed by atoms with Gasteiger partial charge in [0.05, 0.1) is 5.69 Å². The minimum atomic E-state index is -0.162. The third-order valence-electron chi connectivity index (χ3n) is 4.94. The summed E-state index contributed by atoms with van der Waals surface area (Å²) in [7, 11) is 0. The Morgan fingerprint density at radius 1 is 1.20 bits per heavy atom. The Labute approximate surface area is 175 Å². The van der Waals surface area contributed by atoms with Crippen molar-refractivity contribution in [2.24, 2.45) is 0 Å². The maximum atomic E-state index is 12.3. The second-order valence-electron chi connectivity index (χ2n) is 7.20. The average molecular weight is 400 g/mol. The number of rotatable bonds is 6. The molecule has 6 heteroatoms. The van der Waals surface area contributed by atoms with Crippen molar-refractivity contribution >= 4 is 23.0 Å². The van der Waals surface area contributed by atoms with E-state index in [-0.39, 0.29) is 5.91 Å². The molecule has 0 fully saturated rings. The first-order valence-corrected chi connectivity index (χ1v) is 10.00. The highest BCUT2D eigenvalue weighted by atomic mass is 16.3. The molecule has 1 aromatic carbocycles. The lowest BCUT2D eigenvalue weighted by Crippen LogP contribution is -2.20. The molecule has 0 aliphatic heterocycles. The molecular formula is C24H24N4O2. The van der Waals surface area contributed by atoms with E-state index in [9.17, 15) is 4.79 Å². The van der Waals surface area contributed by atoms with Gasteiger partial charge in [-0.25, -0.2) is 9.67 Å². The summed E-state index contributed by atoms with van der Waals surface area (Å²) >= 11 is 0. The Morgan fingerprint density at radius 2 is 2.03 bits per heavy atom. The van der Waals surface area contributed by atoms with Crippen LogP contribution in [0.15, 0.2) is 59.2 Å². The number of benzene rings is 1. The van der Waals surface area contributed by atoms with Crippen LogP contribution in [-0.2, 0) is 17.8 Å². The number of aromatic nitrogens is 3. The van der Waals surface area contributed by atoms with Crippen LogP contribution < -0.4 is 5.32 Å². The van der Waals surface area contributed by atoms with Crippen molar-refractivity contribution in [3.63, 3.8) is 0 Å². The fourth-order valence-corrected chi connectivity index (χ4v) is 3.48. The summed E-state index contributed by atoms with van der Waals surface area (Å²) in [6.45, 7) is 6.39. The number of carbonyl (C=O) groups excluding carboxylic acids is 1. The number of pyridine rings is 1. The van der Waals surface area contributed by atoms with Gasteiger partial charge in [-0.3, -0.25) is 4.79 Å². The fourth-order valence-electron chi connectivity index (χ4n) is 3.48. The van der Waals surface area contributed by atoms with Crippen LogP contribution in [0.1, 0.15) is 35.2 Å². The number of fused-ring (bicyclic) bond motifs is 1. The summed E-state index contributed by atoms with van der Waals surface area (Å²) in [4.78, 5) is 16.8. The van der Waals surface area contributed by atoms with Crippen molar-refractivity contribution < 1.29 is 9.21 Å². The number of nitrogens with one attached hydrogen (secondary N) is 1. The van der Waals surface area contributed by atoms with E-state index in [1.54, 1.807) is 17.0 Å². The molecule has 4 rings (SSSR count). The van der Waals surface area contributed by atoms with E-state index in [0.29, 0.717) is 6.54 Å². The van der Waals surface area contributed by atoms with Gasteiger partial charge in [-0.1, -0.05) is 31.2 Å². The normalized spacial score (nSPS) is 11.4. The largest absolute Gasteiger partial charge is 0.460 e. The Morgan fingerprint density at radius 3 is 2.73 bits per heavy atom. The molecule has 4 aromatic rings. The Kier molecular flexibility index (Phi) is 5.48. The molecule has 1 amide bonds. The van der Waals surface area contributed by atoms with Crippen molar-refractivity contribution in [1.82, 2.24) is 20.1 Å². The second-order valence-corrected chi connectivity index (χ2v) is 7.20. The Balaban J connectivity index is 1.41. The number of furan rings is 1. The van der Waals surface area contributed by atoms with E-state index >= 15 is 0 Å². The number of aryl methyl sites for hydroxylation is 3. The van der Waals surface area contributed by atoms with Gasteiger partial charge >= 0.3 is 0 Å². The van der Waals surface area contributed by atoms with Crippen LogP contribution >= 0.6 is 0 Å². The minimum Gasteiger partial charge on any atom is -0.460 e. The van der Waals surface area contributed by atoms with E-state index in [0.717, 1.165) is 51.5 Å². The molecule has 0 saturated carbocycles. The molecule has 0 bridgehead atoms. The van der Waals surface area contributed by atoms with Crippen molar-refractivity contribution in [3.8, 4) is 5.82 Å². The van der Waals surface area contributed by atoms with E-state index < -0.39 is 0 Å². The van der Waals surface area contributed by atoms with Crippen LogP contribution in [0.4, 0.5) is 0 Å². The van der Waals surface area contributed by atoms with Gasteiger partial charge in [0, 0.05) is 41.9 Å². The number of amides is 1. The van der Waals surface area contributed by atoms with Gasteiger partial charge < -0.3 is 9.73 Å². The molecule has 152 valence electrons. The van der Waals surface area contributed by atoms with Gasteiger partial charge in [0.25, 0.3) is 0 Å². The van der Waals surface area contributed by atoms with Crippen molar-refractivity contribution in [2.45, 2.75) is 33.7 Å². The molecule has 6 nitrogen and oxygen atoms in total. The maximum absolute atomic E-state index is 12.3. The standard InChI is InChI=1S/C24H24N4O2/c1-4-21-20(19-7-5-6-8-22(19)30-21)10-12-24(29)26-15-18-9-11-23(25-14-18)28-17(3)13-16(2)27-28/h5-14H,4,15H2,1-3H3,(H,26,29). The highest BCUT2D eigenvalue weighted by Gasteiger charge is 2.10. The lowest BCUT2D eigenvalue weighted by atomic mass is 10.1. The van der Waals surface area contributed by atoms with Crippen LogP contribution in [0.5, 0.6) is 0 Å². The van der Waals surface area contributed by atoms with E-state index in [1.165, 1.54) is 0 Å². The van der Waals surface area contributed by atoms with Crippen molar-refractivity contribution in [2.75, 3.05) is 0 Å². The lowest BCUT2D eigenvalue weighted by Gasteiger charge is -2.06. The molecule has 0 spiro atoms. The molecule has 0 aliphatic carbocycles. The summed E-state index contributed by atoms with van der Waals surface area (Å²) in [5, 5.41) is 8.36. The Bertz CT molecular complexity index is 1220. The minimum absolute atomic E-state index is 0.162. The van der Waals surface area contributed by atoms with Gasteiger partial charge in [-0.2, -0.15) is 5.10 Å². The van der Waals surface area contributed by atoms with Gasteiger partial charge in [-0.05, 0) is 43.7 Å². The van der Waals surface area contributed by atoms with Crippen LogP contribution in [0.25, 0.3) is 22.9 Å². The zero-order chi connectivity index (χ0) is 21.1. The highest BCUT2D eigenvalue weighted by molar-refractivity contribution is 5.96. The molecule has 0 saturated heterocycles. The zero-order valence-electron chi connectivity index (χ0n) is 17.3. The van der Waals surface area contributed by atoms with Gasteiger partial charge in [0.2, 0.25) is 5.91 Å².